The number of rotatable bonds is 12. The van der Waals surface area contributed by atoms with E-state index in [1.54, 1.807) is 25.6 Å². The minimum Gasteiger partial charge on any atom is -0.480 e. The zero-order valence-corrected chi connectivity index (χ0v) is 16.9. The van der Waals surface area contributed by atoms with Crippen LogP contribution in [0.1, 0.15) is 20.3 Å². The van der Waals surface area contributed by atoms with Gasteiger partial charge >= 0.3 is 5.97 Å². The molecule has 0 heterocycles. The van der Waals surface area contributed by atoms with Crippen molar-refractivity contribution in [2.45, 2.75) is 38.4 Å². The number of thioether (sulfide) groups is 1. The van der Waals surface area contributed by atoms with E-state index in [1.807, 2.05) is 6.26 Å². The van der Waals surface area contributed by atoms with Crippen LogP contribution in [-0.4, -0.2) is 71.2 Å². The van der Waals surface area contributed by atoms with Crippen molar-refractivity contribution in [1.82, 2.24) is 16.0 Å². The van der Waals surface area contributed by atoms with E-state index in [9.17, 15) is 19.2 Å². The Morgan fingerprint density at radius 2 is 1.77 bits per heavy atom. The Morgan fingerprint density at radius 3 is 2.23 bits per heavy atom. The van der Waals surface area contributed by atoms with Gasteiger partial charge in [-0.1, -0.05) is 13.8 Å². The minimum absolute atomic E-state index is 0.0260. The summed E-state index contributed by atoms with van der Waals surface area (Å²) < 4.78 is 0. The molecule has 0 saturated heterocycles. The summed E-state index contributed by atoms with van der Waals surface area (Å²) in [7, 11) is 0. The Balaban J connectivity index is 4.51. The van der Waals surface area contributed by atoms with Crippen LogP contribution >= 0.6 is 24.4 Å². The fraction of sp³-hybridized carbons (Fsp3) is 0.733. The maximum atomic E-state index is 12.1. The third kappa shape index (κ3) is 9.30. The van der Waals surface area contributed by atoms with Crippen molar-refractivity contribution in [2.75, 3.05) is 24.3 Å². The normalized spacial score (nSPS) is 14.2. The minimum atomic E-state index is -1.15. The van der Waals surface area contributed by atoms with Crippen LogP contribution in [0.3, 0.4) is 0 Å². The van der Waals surface area contributed by atoms with Gasteiger partial charge in [-0.05, 0) is 24.3 Å². The van der Waals surface area contributed by atoms with Gasteiger partial charge in [-0.3, -0.25) is 14.4 Å². The van der Waals surface area contributed by atoms with Gasteiger partial charge in [0.1, 0.15) is 12.1 Å². The molecule has 11 heteroatoms. The van der Waals surface area contributed by atoms with Crippen molar-refractivity contribution in [3.05, 3.63) is 0 Å². The van der Waals surface area contributed by atoms with Gasteiger partial charge in [0.2, 0.25) is 17.7 Å². The highest BCUT2D eigenvalue weighted by Crippen LogP contribution is 2.01. The molecule has 0 radical (unpaired) electrons. The first kappa shape index (κ1) is 24.5. The number of hydrogen-bond donors (Lipinski definition) is 6. The average molecular weight is 409 g/mol. The van der Waals surface area contributed by atoms with Crippen molar-refractivity contribution < 1.29 is 24.3 Å². The second-order valence-corrected chi connectivity index (χ2v) is 7.33. The Labute approximate surface area is 163 Å². The van der Waals surface area contributed by atoms with Crippen LogP contribution in [0.2, 0.25) is 0 Å². The molecule has 0 bridgehead atoms. The van der Waals surface area contributed by atoms with E-state index in [0.29, 0.717) is 12.2 Å². The van der Waals surface area contributed by atoms with Crippen LogP contribution in [0.5, 0.6) is 0 Å². The van der Waals surface area contributed by atoms with Crippen LogP contribution in [0, 0.1) is 5.92 Å². The number of carbonyl (C=O) groups is 4. The molecule has 0 spiro atoms. The zero-order valence-electron chi connectivity index (χ0n) is 15.2. The van der Waals surface area contributed by atoms with Gasteiger partial charge in [-0.15, -0.1) is 0 Å². The molecule has 3 unspecified atom stereocenters. The summed E-state index contributed by atoms with van der Waals surface area (Å²) in [5, 5.41) is 16.2. The number of carboxylic acid groups (broad SMARTS) is 1. The second kappa shape index (κ2) is 12.8. The van der Waals surface area contributed by atoms with Crippen LogP contribution in [0.25, 0.3) is 0 Å². The maximum Gasteiger partial charge on any atom is 0.326 e. The molecular weight excluding hydrogens is 380 g/mol. The molecule has 0 aliphatic rings. The number of aliphatic carboxylic acids is 1. The molecule has 0 aromatic rings. The molecular formula is C15H28N4O5S2. The Bertz CT molecular complexity index is 504. The summed E-state index contributed by atoms with van der Waals surface area (Å²) in [6, 6.07) is -2.73. The summed E-state index contributed by atoms with van der Waals surface area (Å²) >= 11 is 5.58. The standard InChI is InChI=1S/C15H28N4O5S2/c1-8(2)12(15(23)24)19-11(20)6-17-14(22)10(7-25)18-13(21)9(16)4-5-26-3/h8-10,12,25H,4-7,16H2,1-3H3,(H,17,22)(H,18,21)(H,19,20)(H,23,24). The molecule has 0 aromatic heterocycles. The summed E-state index contributed by atoms with van der Waals surface area (Å²) in [6.45, 7) is 2.91. The summed E-state index contributed by atoms with van der Waals surface area (Å²) in [4.78, 5) is 46.9. The van der Waals surface area contributed by atoms with Gasteiger partial charge < -0.3 is 26.8 Å². The first-order chi connectivity index (χ1) is 12.1. The van der Waals surface area contributed by atoms with E-state index < -0.39 is 48.4 Å². The monoisotopic (exact) mass is 408 g/mol. The van der Waals surface area contributed by atoms with E-state index in [4.69, 9.17) is 10.8 Å². The molecule has 3 amide bonds. The number of nitrogens with two attached hydrogens (primary N) is 1. The first-order valence-corrected chi connectivity index (χ1v) is 10.1. The molecule has 0 rings (SSSR count). The Kier molecular flexibility index (Phi) is 12.1. The predicted molar refractivity (Wildman–Crippen MR) is 104 cm³/mol. The lowest BCUT2D eigenvalue weighted by atomic mass is 10.1. The molecule has 0 aliphatic carbocycles. The molecule has 6 N–H and O–H groups in total. The maximum absolute atomic E-state index is 12.1. The topological polar surface area (TPSA) is 151 Å². The lowest BCUT2D eigenvalue weighted by Gasteiger charge is -2.20. The number of carbonyl (C=O) groups excluding carboxylic acids is 3. The van der Waals surface area contributed by atoms with Crippen molar-refractivity contribution in [3.63, 3.8) is 0 Å². The number of amides is 3. The molecule has 150 valence electrons. The third-order valence-electron chi connectivity index (χ3n) is 3.46. The number of thiol groups is 1. The Hall–Kier alpha value is -1.46. The van der Waals surface area contributed by atoms with Gasteiger partial charge in [-0.25, -0.2) is 4.79 Å². The highest BCUT2D eigenvalue weighted by molar-refractivity contribution is 7.98. The zero-order chi connectivity index (χ0) is 20.3. The lowest BCUT2D eigenvalue weighted by Crippen LogP contribution is -2.54. The van der Waals surface area contributed by atoms with E-state index in [2.05, 4.69) is 28.6 Å². The molecule has 0 saturated carbocycles. The third-order valence-corrected chi connectivity index (χ3v) is 4.47. The lowest BCUT2D eigenvalue weighted by molar-refractivity contribution is -0.143. The fourth-order valence-electron chi connectivity index (χ4n) is 1.88. The molecule has 0 aliphatic heterocycles. The van der Waals surface area contributed by atoms with Gasteiger partial charge in [0.05, 0.1) is 12.6 Å². The van der Waals surface area contributed by atoms with Gasteiger partial charge in [0.15, 0.2) is 0 Å². The van der Waals surface area contributed by atoms with Crippen LogP contribution in [-0.2, 0) is 19.2 Å². The van der Waals surface area contributed by atoms with Crippen molar-refractivity contribution in [3.8, 4) is 0 Å². The molecule has 0 aromatic carbocycles. The van der Waals surface area contributed by atoms with Crippen LogP contribution < -0.4 is 21.7 Å². The van der Waals surface area contributed by atoms with E-state index >= 15 is 0 Å². The molecule has 9 nitrogen and oxygen atoms in total. The SMILES string of the molecule is CSCCC(N)C(=O)NC(CS)C(=O)NCC(=O)NC(C(=O)O)C(C)C. The fourth-order valence-corrected chi connectivity index (χ4v) is 2.62. The van der Waals surface area contributed by atoms with Crippen molar-refractivity contribution >= 4 is 48.1 Å². The second-order valence-electron chi connectivity index (χ2n) is 5.98. The van der Waals surface area contributed by atoms with E-state index in [0.717, 1.165) is 0 Å². The van der Waals surface area contributed by atoms with Gasteiger partial charge in [0.25, 0.3) is 0 Å². The van der Waals surface area contributed by atoms with Crippen molar-refractivity contribution in [2.24, 2.45) is 11.7 Å². The highest BCUT2D eigenvalue weighted by atomic mass is 32.2. The van der Waals surface area contributed by atoms with Crippen molar-refractivity contribution in [1.29, 1.82) is 0 Å². The predicted octanol–water partition coefficient (Wildman–Crippen LogP) is -1.18. The smallest absolute Gasteiger partial charge is 0.326 e. The summed E-state index contributed by atoms with van der Waals surface area (Å²) in [5.41, 5.74) is 5.74. The largest absolute Gasteiger partial charge is 0.480 e. The summed E-state index contributed by atoms with van der Waals surface area (Å²) in [6.07, 6.45) is 2.37. The van der Waals surface area contributed by atoms with Crippen LogP contribution in [0.4, 0.5) is 0 Å². The quantitative estimate of drug-likeness (QED) is 0.223. The van der Waals surface area contributed by atoms with E-state index in [-0.39, 0.29) is 11.7 Å². The average Bonchev–Trinajstić information content (AvgIpc) is 2.58. The summed E-state index contributed by atoms with van der Waals surface area (Å²) in [5.74, 6) is -2.43. The van der Waals surface area contributed by atoms with Gasteiger partial charge in [-0.2, -0.15) is 24.4 Å². The Morgan fingerprint density at radius 1 is 1.15 bits per heavy atom. The number of carboxylic acids is 1. The molecule has 0 fully saturated rings. The first-order valence-electron chi connectivity index (χ1n) is 8.09. The molecule has 3 atom stereocenters. The van der Waals surface area contributed by atoms with Crippen LogP contribution in [0.15, 0.2) is 0 Å². The van der Waals surface area contributed by atoms with E-state index in [1.165, 1.54) is 0 Å². The van der Waals surface area contributed by atoms with Gasteiger partial charge in [0, 0.05) is 5.75 Å². The highest BCUT2D eigenvalue weighted by Gasteiger charge is 2.25. The molecule has 26 heavy (non-hydrogen) atoms. The number of nitrogens with one attached hydrogen (secondary N) is 3. The number of hydrogen-bond acceptors (Lipinski definition) is 7.